The van der Waals surface area contributed by atoms with Crippen LogP contribution in [0.4, 0.5) is 17.1 Å². The summed E-state index contributed by atoms with van der Waals surface area (Å²) in [5.74, 6) is 0. The molecule has 0 aliphatic carbocycles. The monoisotopic (exact) mass is 787 g/mol. The highest BCUT2D eigenvalue weighted by Crippen LogP contribution is 2.45. The van der Waals surface area contributed by atoms with Gasteiger partial charge in [0, 0.05) is 49.8 Å². The zero-order valence-electron chi connectivity index (χ0n) is 37.4. The van der Waals surface area contributed by atoms with Crippen molar-refractivity contribution >= 4 is 93.9 Å². The SMILES string of the molecule is [2H]c1c([2H])c([2H])c(-c2ccc(N(c3ccc(-c4ccc5c6c7ccccc7oc6n(-c6ccc7c(c6)oc6ccccc67)c5c4)cc3)c3cccc4c3oc3ccccc34)cc2)c([2H])c1[2H]. The summed E-state index contributed by atoms with van der Waals surface area (Å²) in [6, 6.07) is 57.5. The number of aromatic nitrogens is 1. The molecule has 0 saturated heterocycles. The van der Waals surface area contributed by atoms with Gasteiger partial charge in [-0.1, -0.05) is 133 Å². The van der Waals surface area contributed by atoms with E-state index >= 15 is 0 Å². The number of hydrogen-bond acceptors (Lipinski definition) is 4. The van der Waals surface area contributed by atoms with E-state index in [2.05, 4.69) is 94.4 Å². The molecule has 4 heterocycles. The van der Waals surface area contributed by atoms with Crippen molar-refractivity contribution in [1.82, 2.24) is 4.57 Å². The van der Waals surface area contributed by atoms with Gasteiger partial charge in [-0.3, -0.25) is 4.57 Å². The third-order valence-electron chi connectivity index (χ3n) is 11.9. The van der Waals surface area contributed by atoms with Gasteiger partial charge >= 0.3 is 0 Å². The Kier molecular flexibility index (Phi) is 6.24. The van der Waals surface area contributed by atoms with Gasteiger partial charge in [-0.25, -0.2) is 0 Å². The minimum absolute atomic E-state index is 0.155. The van der Waals surface area contributed by atoms with Crippen molar-refractivity contribution in [3.8, 4) is 27.9 Å². The van der Waals surface area contributed by atoms with Crippen LogP contribution < -0.4 is 4.90 Å². The number of anilines is 3. The van der Waals surface area contributed by atoms with Crippen LogP contribution >= 0.6 is 0 Å². The molecule has 0 amide bonds. The normalized spacial score (nSPS) is 13.1. The van der Waals surface area contributed by atoms with Crippen molar-refractivity contribution < 1.29 is 20.1 Å². The number of rotatable bonds is 6. The average Bonchev–Trinajstić information content (AvgIpc) is 4.12. The van der Waals surface area contributed by atoms with Gasteiger partial charge < -0.3 is 18.2 Å². The lowest BCUT2D eigenvalue weighted by Crippen LogP contribution is -2.10. The highest BCUT2D eigenvalue weighted by molar-refractivity contribution is 6.20. The van der Waals surface area contributed by atoms with E-state index in [9.17, 15) is 0 Å². The van der Waals surface area contributed by atoms with Crippen LogP contribution in [0.3, 0.4) is 0 Å². The molecule has 0 fully saturated rings. The van der Waals surface area contributed by atoms with Crippen LogP contribution in [0.25, 0.3) is 105 Å². The Balaban J connectivity index is 0.952. The van der Waals surface area contributed by atoms with Crippen molar-refractivity contribution in [2.24, 2.45) is 0 Å². The van der Waals surface area contributed by atoms with Gasteiger partial charge in [-0.05, 0) is 89.0 Å². The highest BCUT2D eigenvalue weighted by Gasteiger charge is 2.22. The maximum absolute atomic E-state index is 8.61. The molecule has 9 aromatic carbocycles. The fraction of sp³-hybridized carbons (Fsp3) is 0. The third kappa shape index (κ3) is 5.21. The predicted molar refractivity (Wildman–Crippen MR) is 251 cm³/mol. The topological polar surface area (TPSA) is 47.6 Å². The Morgan fingerprint density at radius 1 is 0.410 bits per heavy atom. The second-order valence-electron chi connectivity index (χ2n) is 15.3. The van der Waals surface area contributed by atoms with E-state index in [0.29, 0.717) is 5.56 Å². The Hall–Kier alpha value is -8.28. The first-order valence-corrected chi connectivity index (χ1v) is 20.2. The summed E-state index contributed by atoms with van der Waals surface area (Å²) < 4.78 is 63.6. The van der Waals surface area contributed by atoms with Crippen molar-refractivity contribution in [3.05, 3.63) is 206 Å². The van der Waals surface area contributed by atoms with Crippen molar-refractivity contribution in [1.29, 1.82) is 0 Å². The fourth-order valence-electron chi connectivity index (χ4n) is 9.09. The summed E-state index contributed by atoms with van der Waals surface area (Å²) in [5.41, 5.74) is 11.9. The molecule has 0 aliphatic rings. The number of fused-ring (bicyclic) bond motifs is 11. The molecule has 0 atom stereocenters. The van der Waals surface area contributed by atoms with Gasteiger partial charge in [0.15, 0.2) is 5.58 Å². The summed E-state index contributed by atoms with van der Waals surface area (Å²) in [6.07, 6.45) is 0. The van der Waals surface area contributed by atoms with E-state index in [1.807, 2.05) is 78.9 Å². The van der Waals surface area contributed by atoms with Gasteiger partial charge in [-0.2, -0.15) is 0 Å². The molecule has 0 unspecified atom stereocenters. The molecule has 0 bridgehead atoms. The molecular formula is C56H34N2O3. The average molecular weight is 788 g/mol. The Bertz CT molecular complexity index is 4100. The van der Waals surface area contributed by atoms with Crippen molar-refractivity contribution in [3.63, 3.8) is 0 Å². The first kappa shape index (κ1) is 29.0. The Morgan fingerprint density at radius 2 is 0.984 bits per heavy atom. The predicted octanol–water partition coefficient (Wildman–Crippen LogP) is 16.1. The fourth-order valence-corrected chi connectivity index (χ4v) is 9.09. The minimum Gasteiger partial charge on any atom is -0.456 e. The van der Waals surface area contributed by atoms with E-state index in [0.717, 1.165) is 111 Å². The Morgan fingerprint density at radius 3 is 1.72 bits per heavy atom. The van der Waals surface area contributed by atoms with E-state index in [1.54, 1.807) is 12.1 Å². The van der Waals surface area contributed by atoms with Gasteiger partial charge in [0.2, 0.25) is 5.71 Å². The maximum atomic E-state index is 8.61. The van der Waals surface area contributed by atoms with Gasteiger partial charge in [-0.15, -0.1) is 0 Å². The molecule has 61 heavy (non-hydrogen) atoms. The smallest absolute Gasteiger partial charge is 0.213 e. The molecular weight excluding hydrogens is 749 g/mol. The lowest BCUT2D eigenvalue weighted by atomic mass is 10.0. The van der Waals surface area contributed by atoms with Gasteiger partial charge in [0.05, 0.1) is 29.1 Å². The molecule has 4 aromatic heterocycles. The molecule has 0 radical (unpaired) electrons. The largest absolute Gasteiger partial charge is 0.456 e. The van der Waals surface area contributed by atoms with E-state index in [1.165, 1.54) is 0 Å². The molecule has 0 spiro atoms. The first-order chi connectivity index (χ1) is 32.3. The van der Waals surface area contributed by atoms with Crippen LogP contribution in [0.15, 0.2) is 219 Å². The van der Waals surface area contributed by atoms with E-state index in [4.69, 9.17) is 20.1 Å². The maximum Gasteiger partial charge on any atom is 0.213 e. The molecule has 0 aliphatic heterocycles. The zero-order chi connectivity index (χ0) is 44.4. The summed E-state index contributed by atoms with van der Waals surface area (Å²) in [5, 5.41) is 7.32. The van der Waals surface area contributed by atoms with Crippen molar-refractivity contribution in [2.75, 3.05) is 4.90 Å². The summed E-state index contributed by atoms with van der Waals surface area (Å²) in [4.78, 5) is 2.13. The van der Waals surface area contributed by atoms with Crippen LogP contribution in [0, 0.1) is 0 Å². The standard InChI is InChI=1S/C56H34N2O3/c1-2-11-35(12-3-1)36-21-26-39(27-22-36)57(48-17-10-16-45-43-14-5-8-19-51(43)60-55(45)48)40-28-23-37(24-29-40)38-25-31-46-49(33-38)58(56-54(46)47-15-6-9-20-52(47)61-56)41-30-32-44-42-13-4-7-18-50(42)59-53(44)34-41/h1-34H/i1D,2D,3D,11D,12D. The van der Waals surface area contributed by atoms with Crippen molar-refractivity contribution in [2.45, 2.75) is 0 Å². The van der Waals surface area contributed by atoms with Crippen LogP contribution in [0.1, 0.15) is 6.85 Å². The summed E-state index contributed by atoms with van der Waals surface area (Å²) in [6.45, 7) is 0. The number of para-hydroxylation sites is 4. The van der Waals surface area contributed by atoms with E-state index in [-0.39, 0.29) is 29.7 Å². The highest BCUT2D eigenvalue weighted by atomic mass is 16.3. The van der Waals surface area contributed by atoms with E-state index < -0.39 is 6.04 Å². The lowest BCUT2D eigenvalue weighted by molar-refractivity contribution is 0.645. The zero-order valence-corrected chi connectivity index (χ0v) is 32.4. The second kappa shape index (κ2) is 13.1. The first-order valence-electron chi connectivity index (χ1n) is 22.7. The minimum atomic E-state index is -0.419. The molecule has 13 rings (SSSR count). The number of furan rings is 3. The van der Waals surface area contributed by atoms with Crippen LogP contribution in [-0.2, 0) is 0 Å². The molecule has 0 N–H and O–H groups in total. The third-order valence-corrected chi connectivity index (χ3v) is 11.9. The summed E-state index contributed by atoms with van der Waals surface area (Å²) in [7, 11) is 0. The molecule has 0 saturated carbocycles. The van der Waals surface area contributed by atoms with Gasteiger partial charge in [0.25, 0.3) is 0 Å². The van der Waals surface area contributed by atoms with Crippen LogP contribution in [0.5, 0.6) is 0 Å². The Labute approximate surface area is 356 Å². The number of nitrogens with zero attached hydrogens (tertiary/aromatic N) is 2. The summed E-state index contributed by atoms with van der Waals surface area (Å²) >= 11 is 0. The molecule has 5 heteroatoms. The molecule has 286 valence electrons. The lowest BCUT2D eigenvalue weighted by Gasteiger charge is -2.26. The molecule has 5 nitrogen and oxygen atoms in total. The van der Waals surface area contributed by atoms with Gasteiger partial charge in [0.1, 0.15) is 22.3 Å². The number of hydrogen-bond donors (Lipinski definition) is 0. The second-order valence-corrected chi connectivity index (χ2v) is 15.3. The van der Waals surface area contributed by atoms with Crippen LogP contribution in [0.2, 0.25) is 0 Å². The quantitative estimate of drug-likeness (QED) is 0.168. The molecule has 13 aromatic rings. The van der Waals surface area contributed by atoms with Crippen LogP contribution in [-0.4, -0.2) is 4.57 Å². The number of benzene rings is 9.